The van der Waals surface area contributed by atoms with Gasteiger partial charge in [-0.05, 0) is 12.8 Å². The maximum Gasteiger partial charge on any atom is 0.157 e. The van der Waals surface area contributed by atoms with E-state index in [2.05, 4.69) is 6.92 Å². The van der Waals surface area contributed by atoms with Crippen LogP contribution in [-0.2, 0) is 9.47 Å². The first-order valence-electron chi connectivity index (χ1n) is 8.16. The normalized spacial score (nSPS) is 19.5. The maximum absolute atomic E-state index is 5.65. The Morgan fingerprint density at radius 2 is 1.50 bits per heavy atom. The molecule has 0 aromatic rings. The van der Waals surface area contributed by atoms with Gasteiger partial charge in [0.05, 0.1) is 0 Å². The number of unbranched alkanes of at least 4 members (excludes halogenated alkanes) is 9. The molecule has 1 heterocycles. The van der Waals surface area contributed by atoms with E-state index in [0.29, 0.717) is 0 Å². The van der Waals surface area contributed by atoms with Crippen molar-refractivity contribution in [3.8, 4) is 0 Å². The van der Waals surface area contributed by atoms with Crippen LogP contribution in [0.2, 0.25) is 0 Å². The van der Waals surface area contributed by atoms with Gasteiger partial charge >= 0.3 is 0 Å². The van der Waals surface area contributed by atoms with Gasteiger partial charge in [0.25, 0.3) is 0 Å². The third-order valence-electron chi connectivity index (χ3n) is 3.69. The molecule has 0 N–H and O–H groups in total. The summed E-state index contributed by atoms with van der Waals surface area (Å²) in [7, 11) is 0. The minimum absolute atomic E-state index is 0.114. The van der Waals surface area contributed by atoms with Crippen LogP contribution in [0, 0.1) is 0 Å². The predicted molar refractivity (Wildman–Crippen MR) is 76.8 cm³/mol. The Hall–Kier alpha value is -0.0800. The molecule has 0 aliphatic carbocycles. The molecule has 0 radical (unpaired) electrons. The second-order valence-electron chi connectivity index (χ2n) is 5.50. The topological polar surface area (TPSA) is 18.5 Å². The third-order valence-corrected chi connectivity index (χ3v) is 3.69. The molecule has 108 valence electrons. The summed E-state index contributed by atoms with van der Waals surface area (Å²) >= 11 is 0. The molecule has 1 fully saturated rings. The molecule has 0 saturated carbocycles. The number of hydrogen-bond donors (Lipinski definition) is 0. The van der Waals surface area contributed by atoms with E-state index in [1.54, 1.807) is 0 Å². The molecule has 0 bridgehead atoms. The molecule has 2 heteroatoms. The molecule has 1 rings (SSSR count). The lowest BCUT2D eigenvalue weighted by molar-refractivity contribution is -0.111. The Balaban J connectivity index is 1.68. The molecule has 1 aliphatic heterocycles. The van der Waals surface area contributed by atoms with Crippen LogP contribution in [0.3, 0.4) is 0 Å². The van der Waals surface area contributed by atoms with Gasteiger partial charge in [0.15, 0.2) is 6.29 Å². The van der Waals surface area contributed by atoms with E-state index in [-0.39, 0.29) is 6.29 Å². The minimum Gasteiger partial charge on any atom is -0.353 e. The van der Waals surface area contributed by atoms with Crippen LogP contribution in [0.5, 0.6) is 0 Å². The van der Waals surface area contributed by atoms with E-state index in [9.17, 15) is 0 Å². The van der Waals surface area contributed by atoms with Crippen molar-refractivity contribution in [2.75, 3.05) is 13.2 Å². The third kappa shape index (κ3) is 8.93. The molecular formula is C16H32O2. The van der Waals surface area contributed by atoms with Crippen molar-refractivity contribution in [2.45, 2.75) is 90.3 Å². The molecule has 1 atom stereocenters. The average molecular weight is 256 g/mol. The maximum atomic E-state index is 5.65. The van der Waals surface area contributed by atoms with Crippen LogP contribution in [0.4, 0.5) is 0 Å². The molecule has 1 aliphatic rings. The molecule has 2 nitrogen and oxygen atoms in total. The van der Waals surface area contributed by atoms with Crippen LogP contribution in [-0.4, -0.2) is 19.5 Å². The van der Waals surface area contributed by atoms with Crippen molar-refractivity contribution in [1.29, 1.82) is 0 Å². The zero-order valence-electron chi connectivity index (χ0n) is 12.3. The lowest BCUT2D eigenvalue weighted by Gasteiger charge is -2.10. The molecule has 0 amide bonds. The van der Waals surface area contributed by atoms with Gasteiger partial charge in [-0.15, -0.1) is 0 Å². The minimum atomic E-state index is 0.114. The summed E-state index contributed by atoms with van der Waals surface area (Å²) < 4.78 is 11.1. The zero-order chi connectivity index (χ0) is 12.9. The van der Waals surface area contributed by atoms with E-state index in [1.165, 1.54) is 70.6 Å². The predicted octanol–water partition coefficient (Wildman–Crippen LogP) is 5.06. The van der Waals surface area contributed by atoms with Crippen molar-refractivity contribution < 1.29 is 9.47 Å². The first-order valence-corrected chi connectivity index (χ1v) is 8.16. The Morgan fingerprint density at radius 1 is 0.889 bits per heavy atom. The van der Waals surface area contributed by atoms with E-state index in [1.807, 2.05) is 0 Å². The van der Waals surface area contributed by atoms with Crippen LogP contribution < -0.4 is 0 Å². The van der Waals surface area contributed by atoms with Crippen molar-refractivity contribution in [2.24, 2.45) is 0 Å². The van der Waals surface area contributed by atoms with Gasteiger partial charge in [-0.1, -0.05) is 64.7 Å². The summed E-state index contributed by atoms with van der Waals surface area (Å²) in [5.74, 6) is 0. The van der Waals surface area contributed by atoms with E-state index in [0.717, 1.165) is 19.6 Å². The van der Waals surface area contributed by atoms with E-state index < -0.39 is 0 Å². The summed E-state index contributed by atoms with van der Waals surface area (Å²) in [4.78, 5) is 0. The Bertz CT molecular complexity index is 164. The fourth-order valence-corrected chi connectivity index (χ4v) is 2.48. The smallest absolute Gasteiger partial charge is 0.157 e. The van der Waals surface area contributed by atoms with Crippen LogP contribution in [0.15, 0.2) is 0 Å². The van der Waals surface area contributed by atoms with Crippen molar-refractivity contribution >= 4 is 0 Å². The molecule has 18 heavy (non-hydrogen) atoms. The van der Waals surface area contributed by atoms with Gasteiger partial charge in [0.1, 0.15) is 0 Å². The summed E-state index contributed by atoms with van der Waals surface area (Å²) in [6, 6.07) is 0. The van der Waals surface area contributed by atoms with E-state index in [4.69, 9.17) is 9.47 Å². The summed E-state index contributed by atoms with van der Waals surface area (Å²) in [6.07, 6.45) is 16.2. The Labute approximate surface area is 113 Å². The van der Waals surface area contributed by atoms with Gasteiger partial charge in [-0.25, -0.2) is 0 Å². The van der Waals surface area contributed by atoms with Crippen LogP contribution in [0.1, 0.15) is 84.0 Å². The van der Waals surface area contributed by atoms with Crippen molar-refractivity contribution in [1.82, 2.24) is 0 Å². The summed E-state index contributed by atoms with van der Waals surface area (Å²) in [5, 5.41) is 0. The highest BCUT2D eigenvalue weighted by Crippen LogP contribution is 2.14. The molecule has 0 aromatic carbocycles. The quantitative estimate of drug-likeness (QED) is 0.454. The SMILES string of the molecule is CCCCCCCCCCCCOC1CCCO1. The lowest BCUT2D eigenvalue weighted by atomic mass is 10.1. The van der Waals surface area contributed by atoms with Crippen molar-refractivity contribution in [3.05, 3.63) is 0 Å². The summed E-state index contributed by atoms with van der Waals surface area (Å²) in [6.45, 7) is 4.06. The van der Waals surface area contributed by atoms with Gasteiger partial charge in [-0.2, -0.15) is 0 Å². The average Bonchev–Trinajstić information content (AvgIpc) is 2.89. The zero-order valence-corrected chi connectivity index (χ0v) is 12.3. The molecule has 0 aromatic heterocycles. The number of ether oxygens (including phenoxy) is 2. The molecule has 1 unspecified atom stereocenters. The Kier molecular flexibility index (Phi) is 10.6. The largest absolute Gasteiger partial charge is 0.353 e. The first-order chi connectivity index (χ1) is 8.93. The van der Waals surface area contributed by atoms with Gasteiger partial charge in [0.2, 0.25) is 0 Å². The van der Waals surface area contributed by atoms with Gasteiger partial charge in [0, 0.05) is 19.6 Å². The highest BCUT2D eigenvalue weighted by Gasteiger charge is 2.14. The van der Waals surface area contributed by atoms with E-state index >= 15 is 0 Å². The van der Waals surface area contributed by atoms with Crippen LogP contribution >= 0.6 is 0 Å². The summed E-state index contributed by atoms with van der Waals surface area (Å²) in [5.41, 5.74) is 0. The second-order valence-corrected chi connectivity index (χ2v) is 5.50. The van der Waals surface area contributed by atoms with Gasteiger partial charge in [-0.3, -0.25) is 0 Å². The van der Waals surface area contributed by atoms with Gasteiger partial charge < -0.3 is 9.47 Å². The number of hydrogen-bond acceptors (Lipinski definition) is 2. The Morgan fingerprint density at radius 3 is 2.06 bits per heavy atom. The highest BCUT2D eigenvalue weighted by molar-refractivity contribution is 4.54. The molecular weight excluding hydrogens is 224 g/mol. The first kappa shape index (κ1) is 16.0. The fraction of sp³-hybridized carbons (Fsp3) is 1.00. The lowest BCUT2D eigenvalue weighted by Crippen LogP contribution is -2.11. The van der Waals surface area contributed by atoms with Crippen molar-refractivity contribution in [3.63, 3.8) is 0 Å². The molecule has 0 spiro atoms. The number of rotatable bonds is 12. The second kappa shape index (κ2) is 12.0. The monoisotopic (exact) mass is 256 g/mol. The molecule has 1 saturated heterocycles. The fourth-order valence-electron chi connectivity index (χ4n) is 2.48. The standard InChI is InChI=1S/C16H32O2/c1-2-3-4-5-6-7-8-9-10-11-14-17-16-13-12-15-18-16/h16H,2-15H2,1H3. The van der Waals surface area contributed by atoms with Crippen LogP contribution in [0.25, 0.3) is 0 Å². The highest BCUT2D eigenvalue weighted by atomic mass is 16.7.